The molecular weight excluding hydrogens is 837 g/mol. The smallest absolute Gasteiger partial charge is 0.160 e. The van der Waals surface area contributed by atoms with E-state index in [1.165, 1.54) is 50.1 Å². The average molecular weight is 879 g/mol. The Balaban J connectivity index is 1.09. The summed E-state index contributed by atoms with van der Waals surface area (Å²) in [6, 6.07) is 89.1. The molecule has 1 N–H and O–H groups in total. The summed E-state index contributed by atoms with van der Waals surface area (Å²) in [7, 11) is 0. The number of rotatable bonds is 5. The maximum Gasteiger partial charge on any atom is 0.160 e. The SMILES string of the molecule is Oc1ccc2c(c1-c1ccccc1)C1(c3ccccc3C3(c4ccccc4-c4ccccc43)c3ccccc31)c1cccc(-c3cc(-c4ccc(-c5ccccc5)cc4)nc(-c4ccccc4)n3)c1-2. The molecule has 322 valence electrons. The quantitative estimate of drug-likeness (QED) is 0.187. The number of fused-ring (bicyclic) bond motifs is 16. The van der Waals surface area contributed by atoms with Crippen molar-refractivity contribution in [2.45, 2.75) is 10.8 Å². The fourth-order valence-corrected chi connectivity index (χ4v) is 12.4. The Morgan fingerprint density at radius 3 is 1.30 bits per heavy atom. The summed E-state index contributed by atoms with van der Waals surface area (Å²) < 4.78 is 0. The van der Waals surface area contributed by atoms with Gasteiger partial charge in [-0.15, -0.1) is 0 Å². The fourth-order valence-electron chi connectivity index (χ4n) is 12.4. The van der Waals surface area contributed by atoms with E-state index in [0.717, 1.165) is 67.0 Å². The zero-order chi connectivity index (χ0) is 45.7. The molecule has 0 saturated heterocycles. The van der Waals surface area contributed by atoms with E-state index >= 15 is 0 Å². The van der Waals surface area contributed by atoms with E-state index in [4.69, 9.17) is 9.97 Å². The first-order valence-electron chi connectivity index (χ1n) is 23.7. The first-order valence-corrected chi connectivity index (χ1v) is 23.7. The Morgan fingerprint density at radius 2 is 0.710 bits per heavy atom. The number of aromatic hydroxyl groups is 1. The average Bonchev–Trinajstić information content (AvgIpc) is 3.89. The van der Waals surface area contributed by atoms with Gasteiger partial charge in [0.15, 0.2) is 5.82 Å². The van der Waals surface area contributed by atoms with E-state index < -0.39 is 10.8 Å². The molecule has 1 heterocycles. The molecule has 0 saturated carbocycles. The van der Waals surface area contributed by atoms with Crippen molar-refractivity contribution in [1.82, 2.24) is 9.97 Å². The molecule has 0 atom stereocenters. The zero-order valence-corrected chi connectivity index (χ0v) is 37.5. The number of hydrogen-bond donors (Lipinski definition) is 1. The van der Waals surface area contributed by atoms with Gasteiger partial charge < -0.3 is 5.11 Å². The summed E-state index contributed by atoms with van der Waals surface area (Å²) in [4.78, 5) is 10.8. The molecule has 0 amide bonds. The second-order valence-corrected chi connectivity index (χ2v) is 18.4. The monoisotopic (exact) mass is 878 g/mol. The van der Waals surface area contributed by atoms with E-state index in [9.17, 15) is 5.11 Å². The van der Waals surface area contributed by atoms with Crippen LogP contribution in [0.3, 0.4) is 0 Å². The van der Waals surface area contributed by atoms with E-state index in [1.54, 1.807) is 0 Å². The molecule has 3 aliphatic rings. The van der Waals surface area contributed by atoms with Crippen LogP contribution in [-0.2, 0) is 10.8 Å². The number of phenolic OH excluding ortho intramolecular Hbond substituents is 1. The van der Waals surface area contributed by atoms with Crippen molar-refractivity contribution in [1.29, 1.82) is 0 Å². The molecule has 3 nitrogen and oxygen atoms in total. The number of hydrogen-bond acceptors (Lipinski definition) is 3. The van der Waals surface area contributed by atoms with Gasteiger partial charge in [0.05, 0.1) is 22.2 Å². The minimum atomic E-state index is -0.860. The molecule has 3 aliphatic carbocycles. The van der Waals surface area contributed by atoms with Crippen LogP contribution >= 0.6 is 0 Å². The highest BCUT2D eigenvalue weighted by Crippen LogP contribution is 2.69. The topological polar surface area (TPSA) is 46.0 Å². The highest BCUT2D eigenvalue weighted by atomic mass is 16.3. The molecule has 0 radical (unpaired) electrons. The van der Waals surface area contributed by atoms with E-state index in [2.05, 4.69) is 212 Å². The maximum absolute atomic E-state index is 12.5. The number of benzene rings is 10. The van der Waals surface area contributed by atoms with Gasteiger partial charge in [-0.05, 0) is 95.6 Å². The van der Waals surface area contributed by atoms with E-state index in [-0.39, 0.29) is 5.75 Å². The largest absolute Gasteiger partial charge is 0.507 e. The van der Waals surface area contributed by atoms with Gasteiger partial charge in [-0.1, -0.05) is 237 Å². The molecule has 10 aromatic carbocycles. The minimum absolute atomic E-state index is 0.245. The molecule has 0 unspecified atom stereocenters. The second kappa shape index (κ2) is 15.0. The normalized spacial score (nSPS) is 13.8. The number of aromatic nitrogens is 2. The third-order valence-corrected chi connectivity index (χ3v) is 15.1. The van der Waals surface area contributed by atoms with Crippen molar-refractivity contribution in [3.63, 3.8) is 0 Å². The van der Waals surface area contributed by atoms with Crippen molar-refractivity contribution in [3.8, 4) is 84.2 Å². The Morgan fingerprint density at radius 1 is 0.275 bits per heavy atom. The second-order valence-electron chi connectivity index (χ2n) is 18.4. The number of nitrogens with zero attached hydrogens (tertiary/aromatic N) is 2. The summed E-state index contributed by atoms with van der Waals surface area (Å²) in [5.74, 6) is 0.903. The lowest BCUT2D eigenvalue weighted by molar-refractivity contribution is 0.476. The molecule has 1 aromatic heterocycles. The van der Waals surface area contributed by atoms with Gasteiger partial charge in [0.2, 0.25) is 0 Å². The molecule has 3 heteroatoms. The Kier molecular flexibility index (Phi) is 8.56. The zero-order valence-electron chi connectivity index (χ0n) is 37.5. The Labute approximate surface area is 401 Å². The van der Waals surface area contributed by atoms with Crippen LogP contribution in [-0.4, -0.2) is 15.1 Å². The number of phenols is 1. The van der Waals surface area contributed by atoms with Gasteiger partial charge in [-0.2, -0.15) is 0 Å². The lowest BCUT2D eigenvalue weighted by Gasteiger charge is -2.49. The highest BCUT2D eigenvalue weighted by molar-refractivity contribution is 6.02. The third kappa shape index (κ3) is 5.44. The standard InChI is InChI=1S/C66H42N2O/c69-60-40-39-50-62-49(59-41-58(67-64(68-59)46-23-8-3-9-24-46)44-37-35-43(36-38-44)42-19-4-1-5-20-42)27-18-34-57(62)66(63(50)61(60)45-21-6-2-7-22-45)55-32-16-14-30-53(55)65(54-31-15-17-33-56(54)66)51-28-12-10-25-47(51)48-26-11-13-29-52(48)65/h1-41,69H. The van der Waals surface area contributed by atoms with Crippen LogP contribution in [0.1, 0.15) is 44.5 Å². The van der Waals surface area contributed by atoms with Gasteiger partial charge in [-0.3, -0.25) is 0 Å². The third-order valence-electron chi connectivity index (χ3n) is 15.1. The van der Waals surface area contributed by atoms with Crippen LogP contribution in [0, 0.1) is 0 Å². The van der Waals surface area contributed by atoms with Crippen LogP contribution in [0.25, 0.3) is 78.4 Å². The predicted molar refractivity (Wildman–Crippen MR) is 279 cm³/mol. The molecule has 0 bridgehead atoms. The minimum Gasteiger partial charge on any atom is -0.507 e. The summed E-state index contributed by atoms with van der Waals surface area (Å²) in [5, 5.41) is 12.5. The lowest BCUT2D eigenvalue weighted by atomic mass is 9.52. The Bertz CT molecular complexity index is 3750. The molecule has 2 spiro atoms. The molecule has 11 aromatic rings. The first kappa shape index (κ1) is 39.3. The van der Waals surface area contributed by atoms with Gasteiger partial charge in [0, 0.05) is 22.3 Å². The van der Waals surface area contributed by atoms with Crippen molar-refractivity contribution >= 4 is 0 Å². The van der Waals surface area contributed by atoms with Gasteiger partial charge in [-0.25, -0.2) is 9.97 Å². The van der Waals surface area contributed by atoms with Crippen LogP contribution < -0.4 is 0 Å². The predicted octanol–water partition coefficient (Wildman–Crippen LogP) is 15.6. The summed E-state index contributed by atoms with van der Waals surface area (Å²) >= 11 is 0. The van der Waals surface area contributed by atoms with Crippen molar-refractivity contribution in [2.75, 3.05) is 0 Å². The molecule has 14 rings (SSSR count). The van der Waals surface area contributed by atoms with Crippen molar-refractivity contribution in [2.24, 2.45) is 0 Å². The van der Waals surface area contributed by atoms with Crippen molar-refractivity contribution in [3.05, 3.63) is 293 Å². The molecule has 0 aliphatic heterocycles. The molecule has 69 heavy (non-hydrogen) atoms. The highest BCUT2D eigenvalue weighted by Gasteiger charge is 2.60. The van der Waals surface area contributed by atoms with Crippen LogP contribution in [0.15, 0.2) is 249 Å². The van der Waals surface area contributed by atoms with E-state index in [0.29, 0.717) is 5.82 Å². The lowest BCUT2D eigenvalue weighted by Crippen LogP contribution is -2.44. The fraction of sp³-hybridized carbons (Fsp3) is 0.0303. The van der Waals surface area contributed by atoms with Gasteiger partial charge >= 0.3 is 0 Å². The summed E-state index contributed by atoms with van der Waals surface area (Å²) in [5.41, 5.74) is 21.6. The van der Waals surface area contributed by atoms with Crippen LogP contribution in [0.5, 0.6) is 5.75 Å². The maximum atomic E-state index is 12.5. The Hall–Kier alpha value is -8.92. The van der Waals surface area contributed by atoms with Crippen LogP contribution in [0.2, 0.25) is 0 Å². The summed E-state index contributed by atoms with van der Waals surface area (Å²) in [6.45, 7) is 0. The van der Waals surface area contributed by atoms with E-state index in [1.807, 2.05) is 36.4 Å². The molecule has 0 fully saturated rings. The van der Waals surface area contributed by atoms with Gasteiger partial charge in [0.25, 0.3) is 0 Å². The van der Waals surface area contributed by atoms with Crippen LogP contribution in [0.4, 0.5) is 0 Å². The van der Waals surface area contributed by atoms with Crippen molar-refractivity contribution < 1.29 is 5.11 Å². The summed E-state index contributed by atoms with van der Waals surface area (Å²) in [6.07, 6.45) is 0. The molecular formula is C66H42N2O. The first-order chi connectivity index (χ1) is 34.2. The van der Waals surface area contributed by atoms with Gasteiger partial charge in [0.1, 0.15) is 5.75 Å².